The van der Waals surface area contributed by atoms with Crippen molar-refractivity contribution < 1.29 is 5.11 Å². The predicted octanol–water partition coefficient (Wildman–Crippen LogP) is 6.92. The first kappa shape index (κ1) is 20.7. The first-order valence-electron chi connectivity index (χ1n) is 10.9. The van der Waals surface area contributed by atoms with Crippen molar-refractivity contribution in [3.63, 3.8) is 0 Å². The lowest BCUT2D eigenvalue weighted by Gasteiger charge is -2.52. The highest BCUT2D eigenvalue weighted by atomic mass is 16.3. The summed E-state index contributed by atoms with van der Waals surface area (Å²) in [5.41, 5.74) is 2.57. The van der Waals surface area contributed by atoms with Crippen LogP contribution in [0.2, 0.25) is 0 Å². The van der Waals surface area contributed by atoms with Crippen LogP contribution in [0, 0.1) is 28.6 Å². The molecule has 5 atom stereocenters. The Labute approximate surface area is 157 Å². The Morgan fingerprint density at radius 2 is 1.72 bits per heavy atom. The molecule has 0 spiro atoms. The molecule has 0 aromatic carbocycles. The van der Waals surface area contributed by atoms with Gasteiger partial charge in [-0.15, -0.1) is 0 Å². The van der Waals surface area contributed by atoms with Crippen LogP contribution < -0.4 is 0 Å². The van der Waals surface area contributed by atoms with Crippen LogP contribution in [0.3, 0.4) is 0 Å². The molecule has 1 nitrogen and oxygen atoms in total. The largest absolute Gasteiger partial charge is 0.389 e. The summed E-state index contributed by atoms with van der Waals surface area (Å²) >= 11 is 0. The first-order chi connectivity index (χ1) is 11.9. The van der Waals surface area contributed by atoms with E-state index < -0.39 is 0 Å². The number of hydrogen-bond donors (Lipinski definition) is 1. The number of fused-ring (bicyclic) bond motifs is 3. The standard InChI is InChI=1S/C22H36O.C2H6/c1-5-16-10-11-20-18-9-7-6-8-17(23)12-14-21(2,3)19(18)13-15-22(16,20)4;1-2/h5-6,8,17-20,23H,7,9-15H2,1-4H3;1-2H3/b8-6+,16-5-;. The van der Waals surface area contributed by atoms with E-state index in [0.717, 1.165) is 37.0 Å². The van der Waals surface area contributed by atoms with Gasteiger partial charge < -0.3 is 5.11 Å². The normalized spacial score (nSPS) is 43.4. The Morgan fingerprint density at radius 3 is 2.40 bits per heavy atom. The molecule has 1 N–H and O–H groups in total. The van der Waals surface area contributed by atoms with Crippen LogP contribution in [0.1, 0.15) is 92.9 Å². The second-order valence-electron chi connectivity index (χ2n) is 9.29. The van der Waals surface area contributed by atoms with Crippen molar-refractivity contribution in [3.05, 3.63) is 23.8 Å². The molecule has 5 unspecified atom stereocenters. The fourth-order valence-corrected chi connectivity index (χ4v) is 6.33. The highest BCUT2D eigenvalue weighted by molar-refractivity contribution is 5.23. The maximum atomic E-state index is 10.1. The number of hydrogen-bond acceptors (Lipinski definition) is 1. The van der Waals surface area contributed by atoms with Gasteiger partial charge in [0, 0.05) is 0 Å². The molecule has 3 aliphatic carbocycles. The summed E-state index contributed by atoms with van der Waals surface area (Å²) in [6.07, 6.45) is 16.5. The van der Waals surface area contributed by atoms with E-state index in [-0.39, 0.29) is 6.10 Å². The van der Waals surface area contributed by atoms with E-state index >= 15 is 0 Å². The summed E-state index contributed by atoms with van der Waals surface area (Å²) in [4.78, 5) is 0. The molecule has 3 rings (SSSR count). The average molecular weight is 347 g/mol. The molecule has 25 heavy (non-hydrogen) atoms. The molecule has 0 aromatic heterocycles. The van der Waals surface area contributed by atoms with Crippen molar-refractivity contribution in [1.82, 2.24) is 0 Å². The van der Waals surface area contributed by atoms with Crippen LogP contribution >= 0.6 is 0 Å². The van der Waals surface area contributed by atoms with Crippen LogP contribution in [-0.4, -0.2) is 11.2 Å². The zero-order valence-corrected chi connectivity index (χ0v) is 17.6. The minimum atomic E-state index is -0.235. The molecule has 0 bridgehead atoms. The van der Waals surface area contributed by atoms with Crippen molar-refractivity contribution >= 4 is 0 Å². The molecule has 2 saturated carbocycles. The fourth-order valence-electron chi connectivity index (χ4n) is 6.33. The summed E-state index contributed by atoms with van der Waals surface area (Å²) in [5.74, 6) is 2.57. The third kappa shape index (κ3) is 4.07. The first-order valence-corrected chi connectivity index (χ1v) is 10.9. The quantitative estimate of drug-likeness (QED) is 0.472. The summed E-state index contributed by atoms with van der Waals surface area (Å²) in [7, 11) is 0. The van der Waals surface area contributed by atoms with Gasteiger partial charge in [-0.3, -0.25) is 0 Å². The van der Waals surface area contributed by atoms with E-state index in [0.29, 0.717) is 10.8 Å². The van der Waals surface area contributed by atoms with Crippen LogP contribution in [-0.2, 0) is 0 Å². The van der Waals surface area contributed by atoms with E-state index in [2.05, 4.69) is 39.8 Å². The zero-order valence-electron chi connectivity index (χ0n) is 17.6. The molecule has 2 fully saturated rings. The predicted molar refractivity (Wildman–Crippen MR) is 110 cm³/mol. The molecule has 0 heterocycles. The van der Waals surface area contributed by atoms with Gasteiger partial charge in [0.25, 0.3) is 0 Å². The van der Waals surface area contributed by atoms with Crippen LogP contribution in [0.25, 0.3) is 0 Å². The smallest absolute Gasteiger partial charge is 0.0721 e. The Bertz CT molecular complexity index is 486. The number of allylic oxidation sites excluding steroid dienone is 3. The van der Waals surface area contributed by atoms with Gasteiger partial charge in [-0.05, 0) is 86.9 Å². The van der Waals surface area contributed by atoms with E-state index in [1.165, 1.54) is 32.1 Å². The maximum absolute atomic E-state index is 10.1. The molecule has 0 radical (unpaired) electrons. The summed E-state index contributed by atoms with van der Waals surface area (Å²) in [5, 5.41) is 10.1. The van der Waals surface area contributed by atoms with Gasteiger partial charge in [0.15, 0.2) is 0 Å². The summed E-state index contributed by atoms with van der Waals surface area (Å²) < 4.78 is 0. The lowest BCUT2D eigenvalue weighted by Crippen LogP contribution is -2.44. The van der Waals surface area contributed by atoms with Gasteiger partial charge in [0.1, 0.15) is 0 Å². The third-order valence-corrected chi connectivity index (χ3v) is 7.75. The number of aliphatic hydroxyl groups is 1. The lowest BCUT2D eigenvalue weighted by atomic mass is 9.52. The molecule has 144 valence electrons. The van der Waals surface area contributed by atoms with Crippen molar-refractivity contribution in [3.8, 4) is 0 Å². The van der Waals surface area contributed by atoms with Gasteiger partial charge >= 0.3 is 0 Å². The molecule has 0 amide bonds. The Hall–Kier alpha value is -0.560. The second kappa shape index (κ2) is 8.42. The lowest BCUT2D eigenvalue weighted by molar-refractivity contribution is -0.0157. The van der Waals surface area contributed by atoms with Crippen molar-refractivity contribution in [1.29, 1.82) is 0 Å². The minimum absolute atomic E-state index is 0.235. The van der Waals surface area contributed by atoms with Crippen molar-refractivity contribution in [2.45, 2.75) is 99.0 Å². The summed E-state index contributed by atoms with van der Waals surface area (Å²) in [6, 6.07) is 0. The Kier molecular flexibility index (Phi) is 6.99. The molecule has 0 saturated heterocycles. The highest BCUT2D eigenvalue weighted by Gasteiger charge is 2.53. The molecule has 3 aliphatic rings. The van der Waals surface area contributed by atoms with Crippen LogP contribution in [0.4, 0.5) is 0 Å². The number of rotatable bonds is 0. The highest BCUT2D eigenvalue weighted by Crippen LogP contribution is 2.62. The molecule has 0 aliphatic heterocycles. The third-order valence-electron chi connectivity index (χ3n) is 7.75. The monoisotopic (exact) mass is 346 g/mol. The topological polar surface area (TPSA) is 20.2 Å². The van der Waals surface area contributed by atoms with Crippen molar-refractivity contribution in [2.24, 2.45) is 28.6 Å². The summed E-state index contributed by atoms with van der Waals surface area (Å²) in [6.45, 7) is 13.7. The van der Waals surface area contributed by atoms with E-state index in [4.69, 9.17) is 0 Å². The molecular weight excluding hydrogens is 304 g/mol. The van der Waals surface area contributed by atoms with Gasteiger partial charge in [0.05, 0.1) is 6.10 Å². The minimum Gasteiger partial charge on any atom is -0.389 e. The maximum Gasteiger partial charge on any atom is 0.0721 e. The Balaban J connectivity index is 0.00000109. The van der Waals surface area contributed by atoms with E-state index in [1.807, 2.05) is 19.9 Å². The van der Waals surface area contributed by atoms with Crippen LogP contribution in [0.15, 0.2) is 23.8 Å². The second-order valence-corrected chi connectivity index (χ2v) is 9.29. The van der Waals surface area contributed by atoms with Gasteiger partial charge in [-0.2, -0.15) is 0 Å². The SMILES string of the molecule is C/C=C1/CCC2C3CC/C=C/C(O)CCC(C)(C)C3CCC12C.CC. The van der Waals surface area contributed by atoms with Crippen molar-refractivity contribution in [2.75, 3.05) is 0 Å². The van der Waals surface area contributed by atoms with Gasteiger partial charge in [0.2, 0.25) is 0 Å². The van der Waals surface area contributed by atoms with Gasteiger partial charge in [-0.25, -0.2) is 0 Å². The van der Waals surface area contributed by atoms with Crippen LogP contribution in [0.5, 0.6) is 0 Å². The molecular formula is C24H42O. The molecule has 1 heteroatoms. The average Bonchev–Trinajstić information content (AvgIpc) is 2.94. The molecule has 0 aromatic rings. The van der Waals surface area contributed by atoms with Gasteiger partial charge in [-0.1, -0.05) is 58.4 Å². The van der Waals surface area contributed by atoms with E-state index in [1.54, 1.807) is 5.57 Å². The van der Waals surface area contributed by atoms with E-state index in [9.17, 15) is 5.11 Å². The zero-order chi connectivity index (χ0) is 18.7. The number of aliphatic hydroxyl groups excluding tert-OH is 1. The Morgan fingerprint density at radius 1 is 1.00 bits per heavy atom. The fraction of sp³-hybridized carbons (Fsp3) is 0.833.